The average molecular weight is 265 g/mol. The zero-order valence-corrected chi connectivity index (χ0v) is 9.94. The van der Waals surface area contributed by atoms with Gasteiger partial charge in [0.05, 0.1) is 20.8 Å². The van der Waals surface area contributed by atoms with Gasteiger partial charge in [-0.05, 0) is 12.1 Å². The van der Waals surface area contributed by atoms with Crippen LogP contribution >= 0.6 is 34.8 Å². The summed E-state index contributed by atoms with van der Waals surface area (Å²) in [5, 5.41) is 7.26. The largest absolute Gasteiger partial charge is 0.386 e. The monoisotopic (exact) mass is 263 g/mol. The standard InChI is InChI=1S/C9H8Cl3N3/c10-5-3-7(12)8(4-6(5)11)15-2-1-9(13)14-15/h3-4H,1-2H2,(H2,13,14). The van der Waals surface area contributed by atoms with Gasteiger partial charge >= 0.3 is 0 Å². The molecule has 1 aliphatic heterocycles. The van der Waals surface area contributed by atoms with Crippen molar-refractivity contribution < 1.29 is 0 Å². The molecular formula is C9H8Cl3N3. The molecule has 0 fully saturated rings. The molecule has 80 valence electrons. The molecule has 0 saturated carbocycles. The molecule has 0 unspecified atom stereocenters. The van der Waals surface area contributed by atoms with Gasteiger partial charge in [-0.2, -0.15) is 5.10 Å². The second-order valence-corrected chi connectivity index (χ2v) is 4.40. The van der Waals surface area contributed by atoms with Crippen LogP contribution in [0.5, 0.6) is 0 Å². The maximum atomic E-state index is 6.03. The van der Waals surface area contributed by atoms with Gasteiger partial charge in [-0.15, -0.1) is 0 Å². The molecule has 0 aromatic heterocycles. The van der Waals surface area contributed by atoms with E-state index in [1.54, 1.807) is 17.1 Å². The van der Waals surface area contributed by atoms with Gasteiger partial charge in [0.15, 0.2) is 0 Å². The highest BCUT2D eigenvalue weighted by Gasteiger charge is 2.17. The summed E-state index contributed by atoms with van der Waals surface area (Å²) in [6, 6.07) is 3.29. The van der Waals surface area contributed by atoms with Crippen LogP contribution < -0.4 is 10.7 Å². The Kier molecular flexibility index (Phi) is 2.96. The van der Waals surface area contributed by atoms with Gasteiger partial charge in [0.1, 0.15) is 5.84 Å². The van der Waals surface area contributed by atoms with Gasteiger partial charge in [0, 0.05) is 13.0 Å². The van der Waals surface area contributed by atoms with Crippen molar-refractivity contribution in [3.63, 3.8) is 0 Å². The van der Waals surface area contributed by atoms with Gasteiger partial charge in [-0.3, -0.25) is 5.01 Å². The van der Waals surface area contributed by atoms with Crippen molar-refractivity contribution in [2.75, 3.05) is 11.6 Å². The van der Waals surface area contributed by atoms with Crippen molar-refractivity contribution in [2.24, 2.45) is 10.8 Å². The van der Waals surface area contributed by atoms with Crippen LogP contribution in [-0.2, 0) is 0 Å². The number of hydrogen-bond acceptors (Lipinski definition) is 3. The molecule has 0 radical (unpaired) electrons. The smallest absolute Gasteiger partial charge is 0.122 e. The summed E-state index contributed by atoms with van der Waals surface area (Å²) in [5.74, 6) is 0.595. The number of rotatable bonds is 1. The molecule has 1 aromatic carbocycles. The third-order valence-corrected chi connectivity index (χ3v) is 3.12. The van der Waals surface area contributed by atoms with Gasteiger partial charge in [0.25, 0.3) is 0 Å². The fraction of sp³-hybridized carbons (Fsp3) is 0.222. The topological polar surface area (TPSA) is 41.6 Å². The maximum absolute atomic E-state index is 6.03. The normalized spacial score (nSPS) is 15.7. The Morgan fingerprint density at radius 3 is 2.40 bits per heavy atom. The third-order valence-electron chi connectivity index (χ3n) is 2.10. The molecule has 0 amide bonds. The van der Waals surface area contributed by atoms with Crippen molar-refractivity contribution in [1.82, 2.24) is 0 Å². The van der Waals surface area contributed by atoms with Crippen LogP contribution in [0.2, 0.25) is 15.1 Å². The van der Waals surface area contributed by atoms with Gasteiger partial charge in [-0.1, -0.05) is 34.8 Å². The van der Waals surface area contributed by atoms with E-state index in [1.807, 2.05) is 0 Å². The molecule has 0 aliphatic carbocycles. The molecular weight excluding hydrogens is 256 g/mol. The van der Waals surface area contributed by atoms with Crippen LogP contribution in [0.1, 0.15) is 6.42 Å². The SMILES string of the molecule is NC1=NN(c2cc(Cl)c(Cl)cc2Cl)CC1. The van der Waals surface area contributed by atoms with E-state index in [1.165, 1.54) is 0 Å². The van der Waals surface area contributed by atoms with E-state index in [4.69, 9.17) is 40.5 Å². The minimum atomic E-state index is 0.432. The molecule has 2 rings (SSSR count). The molecule has 1 heterocycles. The lowest BCUT2D eigenvalue weighted by Crippen LogP contribution is -2.12. The highest BCUT2D eigenvalue weighted by Crippen LogP contribution is 2.35. The summed E-state index contributed by atoms with van der Waals surface area (Å²) < 4.78 is 0. The van der Waals surface area contributed by atoms with Crippen molar-refractivity contribution in [1.29, 1.82) is 0 Å². The molecule has 2 N–H and O–H groups in total. The summed E-state index contributed by atoms with van der Waals surface area (Å²) in [6.45, 7) is 0.712. The Morgan fingerprint density at radius 1 is 1.13 bits per heavy atom. The molecule has 0 saturated heterocycles. The van der Waals surface area contributed by atoms with Crippen molar-refractivity contribution >= 4 is 46.3 Å². The quantitative estimate of drug-likeness (QED) is 0.792. The van der Waals surface area contributed by atoms with E-state index in [2.05, 4.69) is 5.10 Å². The number of nitrogens with two attached hydrogens (primary N) is 1. The van der Waals surface area contributed by atoms with E-state index in [-0.39, 0.29) is 0 Å². The zero-order chi connectivity index (χ0) is 11.0. The molecule has 0 atom stereocenters. The Hall–Kier alpha value is -0.640. The van der Waals surface area contributed by atoms with E-state index in [0.29, 0.717) is 27.4 Å². The number of amidine groups is 1. The number of hydrogen-bond donors (Lipinski definition) is 1. The highest BCUT2D eigenvalue weighted by atomic mass is 35.5. The summed E-state index contributed by atoms with van der Waals surface area (Å²) in [5.41, 5.74) is 6.31. The number of halogens is 3. The van der Waals surface area contributed by atoms with E-state index < -0.39 is 0 Å². The fourth-order valence-corrected chi connectivity index (χ4v) is 2.00. The molecule has 6 heteroatoms. The van der Waals surface area contributed by atoms with Crippen LogP contribution in [0, 0.1) is 0 Å². The fourth-order valence-electron chi connectivity index (χ4n) is 1.36. The van der Waals surface area contributed by atoms with Gasteiger partial charge < -0.3 is 5.73 Å². The second-order valence-electron chi connectivity index (χ2n) is 3.18. The second kappa shape index (κ2) is 4.08. The predicted octanol–water partition coefficient (Wildman–Crippen LogP) is 3.13. The average Bonchev–Trinajstić information content (AvgIpc) is 2.58. The zero-order valence-electron chi connectivity index (χ0n) is 7.67. The van der Waals surface area contributed by atoms with Crippen molar-refractivity contribution in [3.8, 4) is 0 Å². The summed E-state index contributed by atoms with van der Waals surface area (Å²) in [6.07, 6.45) is 0.733. The summed E-state index contributed by atoms with van der Waals surface area (Å²) >= 11 is 17.8. The number of hydrazone groups is 1. The van der Waals surface area contributed by atoms with Crippen LogP contribution in [0.3, 0.4) is 0 Å². The minimum Gasteiger partial charge on any atom is -0.386 e. The molecule has 3 nitrogen and oxygen atoms in total. The summed E-state index contributed by atoms with van der Waals surface area (Å²) in [4.78, 5) is 0. The van der Waals surface area contributed by atoms with E-state index in [0.717, 1.165) is 12.1 Å². The first-order chi connectivity index (χ1) is 7.08. The molecule has 0 bridgehead atoms. The maximum Gasteiger partial charge on any atom is 0.122 e. The van der Waals surface area contributed by atoms with E-state index in [9.17, 15) is 0 Å². The van der Waals surface area contributed by atoms with Crippen molar-refractivity contribution in [3.05, 3.63) is 27.2 Å². The van der Waals surface area contributed by atoms with Crippen LogP contribution in [0.4, 0.5) is 5.69 Å². The first kappa shape index (κ1) is 10.9. The molecule has 0 spiro atoms. The minimum absolute atomic E-state index is 0.432. The van der Waals surface area contributed by atoms with E-state index >= 15 is 0 Å². The number of anilines is 1. The molecule has 1 aromatic rings. The first-order valence-corrected chi connectivity index (χ1v) is 5.46. The van der Waals surface area contributed by atoms with Gasteiger partial charge in [-0.25, -0.2) is 0 Å². The van der Waals surface area contributed by atoms with Crippen LogP contribution in [-0.4, -0.2) is 12.4 Å². The predicted molar refractivity (Wildman–Crippen MR) is 65.1 cm³/mol. The number of benzene rings is 1. The lowest BCUT2D eigenvalue weighted by molar-refractivity contribution is 0.922. The lowest BCUT2D eigenvalue weighted by Gasteiger charge is -2.15. The Balaban J connectivity index is 2.40. The molecule has 1 aliphatic rings. The van der Waals surface area contributed by atoms with Crippen molar-refractivity contribution in [2.45, 2.75) is 6.42 Å². The van der Waals surface area contributed by atoms with Crippen LogP contribution in [0.25, 0.3) is 0 Å². The summed E-state index contributed by atoms with van der Waals surface area (Å²) in [7, 11) is 0. The Morgan fingerprint density at radius 2 is 1.80 bits per heavy atom. The van der Waals surface area contributed by atoms with Crippen LogP contribution in [0.15, 0.2) is 17.2 Å². The Labute approximate surface area is 102 Å². The lowest BCUT2D eigenvalue weighted by atomic mass is 10.3. The first-order valence-electron chi connectivity index (χ1n) is 4.33. The van der Waals surface area contributed by atoms with Gasteiger partial charge in [0.2, 0.25) is 0 Å². The Bertz CT molecular complexity index is 431. The number of nitrogens with zero attached hydrogens (tertiary/aromatic N) is 2. The molecule has 15 heavy (non-hydrogen) atoms. The third kappa shape index (κ3) is 2.14. The highest BCUT2D eigenvalue weighted by molar-refractivity contribution is 6.44.